The van der Waals surface area contributed by atoms with Crippen molar-refractivity contribution < 1.29 is 27.5 Å². The Kier molecular flexibility index (Phi) is 6.60. The lowest BCUT2D eigenvalue weighted by Gasteiger charge is -2.40. The van der Waals surface area contributed by atoms with Crippen LogP contribution in [0.5, 0.6) is 0 Å². The fraction of sp³-hybridized carbons (Fsp3) is 0.400. The molecule has 2 N–H and O–H groups in total. The molecule has 1 fully saturated rings. The topological polar surface area (TPSA) is 62.2 Å². The molecule has 0 radical (unpaired) electrons. The first-order valence-electron chi connectivity index (χ1n) is 9.16. The third-order valence-electron chi connectivity index (χ3n) is 5.19. The number of carbonyl (C=O) groups is 1. The van der Waals surface area contributed by atoms with E-state index < -0.39 is 46.2 Å². The van der Waals surface area contributed by atoms with Crippen molar-refractivity contribution in [3.63, 3.8) is 0 Å². The third-order valence-corrected chi connectivity index (χ3v) is 5.80. The number of aliphatic hydroxyl groups is 1. The Morgan fingerprint density at radius 1 is 1.23 bits per heavy atom. The largest absolute Gasteiger partial charge is 0.417 e. The van der Waals surface area contributed by atoms with Crippen molar-refractivity contribution in [2.24, 2.45) is 0 Å². The molecule has 1 saturated carbocycles. The second-order valence-electron chi connectivity index (χ2n) is 7.26. The van der Waals surface area contributed by atoms with E-state index in [9.17, 15) is 27.5 Å². The van der Waals surface area contributed by atoms with E-state index >= 15 is 0 Å². The van der Waals surface area contributed by atoms with E-state index in [2.05, 4.69) is 10.3 Å². The smallest absolute Gasteiger partial charge is 0.387 e. The van der Waals surface area contributed by atoms with E-state index in [4.69, 9.17) is 23.2 Å². The summed E-state index contributed by atoms with van der Waals surface area (Å²) in [7, 11) is 0. The third kappa shape index (κ3) is 4.87. The molecule has 1 aromatic heterocycles. The maximum Gasteiger partial charge on any atom is 0.417 e. The molecule has 1 aliphatic carbocycles. The fourth-order valence-corrected chi connectivity index (χ4v) is 4.11. The lowest BCUT2D eigenvalue weighted by atomic mass is 9.76. The first kappa shape index (κ1) is 22.8. The molecule has 2 aromatic rings. The van der Waals surface area contributed by atoms with Gasteiger partial charge in [-0.3, -0.25) is 4.79 Å². The molecule has 1 atom stereocenters. The van der Waals surface area contributed by atoms with Crippen molar-refractivity contribution in [3.05, 3.63) is 63.4 Å². The minimum Gasteiger partial charge on any atom is -0.387 e. The zero-order valence-electron chi connectivity index (χ0n) is 15.5. The van der Waals surface area contributed by atoms with Gasteiger partial charge >= 0.3 is 6.18 Å². The van der Waals surface area contributed by atoms with E-state index in [-0.39, 0.29) is 25.7 Å². The molecular formula is C20H18Cl2F4N2O2. The van der Waals surface area contributed by atoms with Gasteiger partial charge < -0.3 is 10.4 Å². The summed E-state index contributed by atoms with van der Waals surface area (Å²) >= 11 is 11.8. The van der Waals surface area contributed by atoms with Gasteiger partial charge in [0, 0.05) is 11.2 Å². The lowest BCUT2D eigenvalue weighted by Crippen LogP contribution is -2.48. The average Bonchev–Trinajstić information content (AvgIpc) is 2.67. The molecule has 1 aromatic carbocycles. The van der Waals surface area contributed by atoms with Crippen LogP contribution < -0.4 is 5.32 Å². The summed E-state index contributed by atoms with van der Waals surface area (Å²) in [5.41, 5.74) is -2.91. The summed E-state index contributed by atoms with van der Waals surface area (Å²) in [6.07, 6.45) is -4.72. The van der Waals surface area contributed by atoms with E-state index in [1.165, 1.54) is 6.07 Å². The van der Waals surface area contributed by atoms with Crippen molar-refractivity contribution >= 4 is 29.1 Å². The molecular weight excluding hydrogens is 447 g/mol. The Morgan fingerprint density at radius 3 is 2.50 bits per heavy atom. The number of nitrogens with zero attached hydrogens (tertiary/aromatic N) is 1. The maximum absolute atomic E-state index is 13.6. The number of amides is 1. The Hall–Kier alpha value is -1.90. The quantitative estimate of drug-likeness (QED) is 0.585. The van der Waals surface area contributed by atoms with Crippen LogP contribution in [-0.4, -0.2) is 27.8 Å². The van der Waals surface area contributed by atoms with Gasteiger partial charge in [-0.2, -0.15) is 13.2 Å². The van der Waals surface area contributed by atoms with Crippen LogP contribution in [0.2, 0.25) is 10.0 Å². The summed E-state index contributed by atoms with van der Waals surface area (Å²) in [5.74, 6) is -0.994. The van der Waals surface area contributed by atoms with E-state index in [1.807, 2.05) is 0 Å². The molecule has 30 heavy (non-hydrogen) atoms. The van der Waals surface area contributed by atoms with Crippen molar-refractivity contribution in [1.82, 2.24) is 10.3 Å². The average molecular weight is 465 g/mol. The number of nitrogens with one attached hydrogen (secondary N) is 1. The number of alkyl halides is 4. The SMILES string of the molecule is O=C(N[C@H](c1cccc(Cl)c1)C1(O)CCC(F)CC1)c1nccc(C(F)(F)F)c1Cl. The summed E-state index contributed by atoms with van der Waals surface area (Å²) < 4.78 is 53.0. The first-order chi connectivity index (χ1) is 14.0. The first-order valence-corrected chi connectivity index (χ1v) is 9.91. The number of pyridine rings is 1. The number of halogens is 6. The van der Waals surface area contributed by atoms with Gasteiger partial charge in [0.1, 0.15) is 11.9 Å². The molecule has 0 spiro atoms. The predicted octanol–water partition coefficient (Wildman–Crippen LogP) is 5.52. The van der Waals surface area contributed by atoms with Crippen LogP contribution in [0.1, 0.15) is 53.3 Å². The normalized spacial score (nSPS) is 23.1. The van der Waals surface area contributed by atoms with Gasteiger partial charge in [0.25, 0.3) is 5.91 Å². The Morgan fingerprint density at radius 2 is 1.90 bits per heavy atom. The molecule has 0 bridgehead atoms. The van der Waals surface area contributed by atoms with Crippen LogP contribution in [0.15, 0.2) is 36.5 Å². The number of hydrogen-bond acceptors (Lipinski definition) is 3. The Labute approximate surface area is 180 Å². The number of benzene rings is 1. The summed E-state index contributed by atoms with van der Waals surface area (Å²) in [5, 5.41) is 13.2. The second kappa shape index (κ2) is 8.69. The number of rotatable bonds is 4. The highest BCUT2D eigenvalue weighted by Gasteiger charge is 2.43. The van der Waals surface area contributed by atoms with Crippen molar-refractivity contribution in [2.75, 3.05) is 0 Å². The number of carbonyl (C=O) groups excluding carboxylic acids is 1. The van der Waals surface area contributed by atoms with Crippen molar-refractivity contribution in [2.45, 2.75) is 49.7 Å². The maximum atomic E-state index is 13.6. The van der Waals surface area contributed by atoms with E-state index in [0.29, 0.717) is 16.7 Å². The highest BCUT2D eigenvalue weighted by molar-refractivity contribution is 6.34. The zero-order chi connectivity index (χ0) is 22.1. The van der Waals surface area contributed by atoms with Crippen LogP contribution in [0.4, 0.5) is 17.6 Å². The Balaban J connectivity index is 1.97. The highest BCUT2D eigenvalue weighted by atomic mass is 35.5. The molecule has 162 valence electrons. The van der Waals surface area contributed by atoms with Crippen LogP contribution in [0.3, 0.4) is 0 Å². The van der Waals surface area contributed by atoms with Crippen LogP contribution in [0.25, 0.3) is 0 Å². The van der Waals surface area contributed by atoms with Crippen LogP contribution in [0, 0.1) is 0 Å². The number of hydrogen-bond donors (Lipinski definition) is 2. The summed E-state index contributed by atoms with van der Waals surface area (Å²) in [6, 6.07) is 5.95. The fourth-order valence-electron chi connectivity index (χ4n) is 3.61. The Bertz CT molecular complexity index is 931. The standard InChI is InChI=1S/C20H18Cl2F4N2O2/c21-12-3-1-2-11(10-12)17(19(30)7-4-13(23)5-8-19)28-18(29)16-15(22)14(6-9-27-16)20(24,25)26/h1-3,6,9-10,13,17,30H,4-5,7-8H2,(H,28,29)/t13?,17-,19?/m1/s1. The molecule has 1 amide bonds. The van der Waals surface area contributed by atoms with Crippen LogP contribution in [-0.2, 0) is 6.18 Å². The predicted molar refractivity (Wildman–Crippen MR) is 104 cm³/mol. The second-order valence-corrected chi connectivity index (χ2v) is 8.07. The molecule has 1 heterocycles. The molecule has 0 unspecified atom stereocenters. The molecule has 4 nitrogen and oxygen atoms in total. The van der Waals surface area contributed by atoms with Crippen LogP contribution >= 0.6 is 23.2 Å². The molecule has 10 heteroatoms. The summed E-state index contributed by atoms with van der Waals surface area (Å²) in [4.78, 5) is 16.5. The van der Waals surface area contributed by atoms with Crippen molar-refractivity contribution in [1.29, 1.82) is 0 Å². The highest BCUT2D eigenvalue weighted by Crippen LogP contribution is 2.41. The van der Waals surface area contributed by atoms with Gasteiger partial charge in [0.15, 0.2) is 0 Å². The summed E-state index contributed by atoms with van der Waals surface area (Å²) in [6.45, 7) is 0. The number of aromatic nitrogens is 1. The van der Waals surface area contributed by atoms with Gasteiger partial charge in [0.05, 0.1) is 22.2 Å². The molecule has 1 aliphatic rings. The molecule has 0 saturated heterocycles. The minimum absolute atomic E-state index is 0.0510. The zero-order valence-corrected chi connectivity index (χ0v) is 17.0. The molecule has 0 aliphatic heterocycles. The van der Waals surface area contributed by atoms with Gasteiger partial charge in [-0.05, 0) is 49.4 Å². The lowest BCUT2D eigenvalue weighted by molar-refractivity contribution is -0.137. The van der Waals surface area contributed by atoms with Gasteiger partial charge in [-0.25, -0.2) is 9.37 Å². The van der Waals surface area contributed by atoms with Gasteiger partial charge in [0.2, 0.25) is 0 Å². The van der Waals surface area contributed by atoms with E-state index in [1.54, 1.807) is 18.2 Å². The minimum atomic E-state index is -4.76. The van der Waals surface area contributed by atoms with E-state index in [0.717, 1.165) is 6.20 Å². The molecule has 3 rings (SSSR count). The van der Waals surface area contributed by atoms with Gasteiger partial charge in [-0.15, -0.1) is 0 Å². The monoisotopic (exact) mass is 464 g/mol. The van der Waals surface area contributed by atoms with Crippen molar-refractivity contribution in [3.8, 4) is 0 Å². The van der Waals surface area contributed by atoms with Gasteiger partial charge in [-0.1, -0.05) is 35.3 Å².